The Kier molecular flexibility index (Phi) is 5.37. The van der Waals surface area contributed by atoms with Crippen LogP contribution in [-0.2, 0) is 0 Å². The van der Waals surface area contributed by atoms with Crippen molar-refractivity contribution in [2.24, 2.45) is 4.99 Å². The molecule has 1 saturated carbocycles. The van der Waals surface area contributed by atoms with E-state index in [4.69, 9.17) is 26.7 Å². The van der Waals surface area contributed by atoms with E-state index in [1.165, 1.54) is 0 Å². The minimum atomic E-state index is -0.603. The minimum absolute atomic E-state index is 0.0916. The quantitative estimate of drug-likeness (QED) is 0.692. The fourth-order valence-electron chi connectivity index (χ4n) is 4.18. The van der Waals surface area contributed by atoms with E-state index in [0.29, 0.717) is 27.8 Å². The number of aliphatic imine (C=N–C) groups is 1. The molecule has 2 aromatic carbocycles. The Morgan fingerprint density at radius 1 is 1.00 bits per heavy atom. The Balaban J connectivity index is 1.80. The molecule has 6 heteroatoms. The third-order valence-corrected chi connectivity index (χ3v) is 6.02. The van der Waals surface area contributed by atoms with Crippen molar-refractivity contribution in [3.05, 3.63) is 59.7 Å². The van der Waals surface area contributed by atoms with Gasteiger partial charge in [0, 0.05) is 17.2 Å². The predicted octanol–water partition coefficient (Wildman–Crippen LogP) is 4.64. The van der Waals surface area contributed by atoms with Gasteiger partial charge >= 0.3 is 0 Å². The number of ether oxygens (including phenoxy) is 2. The largest absolute Gasteiger partial charge is 0.497 e. The topological polar surface area (TPSA) is 51.1 Å². The summed E-state index contributed by atoms with van der Waals surface area (Å²) < 4.78 is 10.8. The number of amides is 1. The molecule has 1 heterocycles. The van der Waals surface area contributed by atoms with Crippen LogP contribution in [0.15, 0.2) is 53.5 Å². The fraction of sp³-hybridized carbons (Fsp3) is 0.348. The van der Waals surface area contributed by atoms with Crippen molar-refractivity contribution in [3.8, 4) is 11.5 Å². The number of rotatable bonds is 4. The second kappa shape index (κ2) is 7.95. The zero-order valence-corrected chi connectivity index (χ0v) is 17.5. The summed E-state index contributed by atoms with van der Waals surface area (Å²) in [5, 5.41) is 0. The summed E-state index contributed by atoms with van der Waals surface area (Å²) in [6, 6.07) is 14.9. The van der Waals surface area contributed by atoms with E-state index in [2.05, 4.69) is 0 Å². The van der Waals surface area contributed by atoms with Crippen LogP contribution in [0.4, 0.5) is 0 Å². The summed E-state index contributed by atoms with van der Waals surface area (Å²) in [6.45, 7) is 0. The standard InChI is InChI=1S/C23H24N2O3S/c1-27-18-13-17(14-19(15-18)28-2)20-22(29)25(21(26)16-9-5-3-6-10-16)23(24-20)11-7-4-8-12-23/h3,5-6,9-10,13-15H,4,7-8,11-12H2,1-2H3. The van der Waals surface area contributed by atoms with Gasteiger partial charge in [-0.25, -0.2) is 0 Å². The maximum Gasteiger partial charge on any atom is 0.260 e. The second-order valence-electron chi connectivity index (χ2n) is 7.42. The van der Waals surface area contributed by atoms with Gasteiger partial charge in [-0.05, 0) is 49.9 Å². The molecule has 2 aromatic rings. The first kappa shape index (κ1) is 19.6. The van der Waals surface area contributed by atoms with Gasteiger partial charge in [0.05, 0.1) is 14.2 Å². The molecule has 4 rings (SSSR count). The predicted molar refractivity (Wildman–Crippen MR) is 117 cm³/mol. The highest BCUT2D eigenvalue weighted by molar-refractivity contribution is 7.82. The molecule has 0 aromatic heterocycles. The zero-order chi connectivity index (χ0) is 20.4. The van der Waals surface area contributed by atoms with Gasteiger partial charge in [-0.3, -0.25) is 14.7 Å². The van der Waals surface area contributed by atoms with Crippen LogP contribution >= 0.6 is 12.2 Å². The lowest BCUT2D eigenvalue weighted by molar-refractivity contribution is 0.0648. The molecule has 2 aliphatic rings. The van der Waals surface area contributed by atoms with Crippen LogP contribution in [0.5, 0.6) is 11.5 Å². The Bertz CT molecular complexity index is 943. The average molecular weight is 409 g/mol. The normalized spacial score (nSPS) is 17.9. The van der Waals surface area contributed by atoms with Crippen molar-refractivity contribution in [1.29, 1.82) is 0 Å². The summed E-state index contributed by atoms with van der Waals surface area (Å²) >= 11 is 5.83. The van der Waals surface area contributed by atoms with E-state index < -0.39 is 5.66 Å². The first-order valence-electron chi connectivity index (χ1n) is 9.85. The molecule has 5 nitrogen and oxygen atoms in total. The first-order valence-corrected chi connectivity index (χ1v) is 10.3. The van der Waals surface area contributed by atoms with Crippen molar-refractivity contribution in [2.75, 3.05) is 14.2 Å². The van der Waals surface area contributed by atoms with Crippen LogP contribution < -0.4 is 9.47 Å². The number of methoxy groups -OCH3 is 2. The molecule has 0 bridgehead atoms. The van der Waals surface area contributed by atoms with Crippen molar-refractivity contribution in [2.45, 2.75) is 37.8 Å². The Morgan fingerprint density at radius 2 is 1.62 bits per heavy atom. The number of hydrogen-bond donors (Lipinski definition) is 0. The summed E-state index contributed by atoms with van der Waals surface area (Å²) in [4.78, 5) is 20.8. The smallest absolute Gasteiger partial charge is 0.260 e. The lowest BCUT2D eigenvalue weighted by Crippen LogP contribution is -2.50. The van der Waals surface area contributed by atoms with Crippen molar-refractivity contribution < 1.29 is 14.3 Å². The number of carbonyl (C=O) groups excluding carboxylic acids is 1. The SMILES string of the molecule is COc1cc(OC)cc(C2=NC3(CCCCC3)N(C(=O)c3ccccc3)C2=S)c1. The van der Waals surface area contributed by atoms with Gasteiger partial charge in [-0.15, -0.1) is 0 Å². The zero-order valence-electron chi connectivity index (χ0n) is 16.7. The highest BCUT2D eigenvalue weighted by Crippen LogP contribution is 2.41. The molecule has 1 spiro atoms. The van der Waals surface area contributed by atoms with Crippen LogP contribution in [0.1, 0.15) is 48.0 Å². The third-order valence-electron chi connectivity index (χ3n) is 5.64. The molecular weight excluding hydrogens is 384 g/mol. The molecule has 29 heavy (non-hydrogen) atoms. The van der Waals surface area contributed by atoms with Gasteiger partial charge in [0.25, 0.3) is 5.91 Å². The van der Waals surface area contributed by atoms with Crippen LogP contribution in [0.2, 0.25) is 0 Å². The lowest BCUT2D eigenvalue weighted by atomic mass is 9.88. The van der Waals surface area contributed by atoms with Gasteiger partial charge in [0.1, 0.15) is 27.9 Å². The molecule has 1 amide bonds. The number of nitrogens with zero attached hydrogens (tertiary/aromatic N) is 2. The van der Waals surface area contributed by atoms with Crippen molar-refractivity contribution in [3.63, 3.8) is 0 Å². The molecular formula is C23H24N2O3S. The summed E-state index contributed by atoms with van der Waals surface area (Å²) in [6.07, 6.45) is 4.84. The third kappa shape index (κ3) is 3.53. The van der Waals surface area contributed by atoms with Gasteiger partial charge in [0.2, 0.25) is 0 Å². The molecule has 1 aliphatic carbocycles. The van der Waals surface area contributed by atoms with Crippen LogP contribution in [0.25, 0.3) is 0 Å². The van der Waals surface area contributed by atoms with Crippen LogP contribution in [-0.4, -0.2) is 41.4 Å². The maximum absolute atomic E-state index is 13.5. The van der Waals surface area contributed by atoms with Crippen molar-refractivity contribution in [1.82, 2.24) is 4.90 Å². The first-order chi connectivity index (χ1) is 14.1. The van der Waals surface area contributed by atoms with Crippen molar-refractivity contribution >= 4 is 28.8 Å². The number of thiocarbonyl (C=S) groups is 1. The number of benzene rings is 2. The Labute approximate surface area is 176 Å². The molecule has 1 fully saturated rings. The van der Waals surface area contributed by atoms with Gasteiger partial charge in [-0.2, -0.15) is 0 Å². The number of carbonyl (C=O) groups is 1. The lowest BCUT2D eigenvalue weighted by Gasteiger charge is -2.38. The fourth-order valence-corrected chi connectivity index (χ4v) is 4.59. The van der Waals surface area contributed by atoms with Gasteiger partial charge in [0.15, 0.2) is 0 Å². The van der Waals surface area contributed by atoms with E-state index in [1.807, 2.05) is 48.5 Å². The monoisotopic (exact) mass is 408 g/mol. The maximum atomic E-state index is 13.5. The summed E-state index contributed by atoms with van der Waals surface area (Å²) in [5.41, 5.74) is 1.48. The highest BCUT2D eigenvalue weighted by atomic mass is 32.1. The van der Waals surface area contributed by atoms with E-state index >= 15 is 0 Å². The van der Waals surface area contributed by atoms with Gasteiger partial charge in [-0.1, -0.05) is 36.8 Å². The highest BCUT2D eigenvalue weighted by Gasteiger charge is 2.49. The molecule has 0 N–H and O–H groups in total. The second-order valence-corrected chi connectivity index (χ2v) is 7.80. The molecule has 0 unspecified atom stereocenters. The Hall–Kier alpha value is -2.73. The van der Waals surface area contributed by atoms with Crippen LogP contribution in [0.3, 0.4) is 0 Å². The minimum Gasteiger partial charge on any atom is -0.497 e. The Morgan fingerprint density at radius 3 is 2.21 bits per heavy atom. The summed E-state index contributed by atoms with van der Waals surface area (Å²) in [5.74, 6) is 1.23. The number of hydrogen-bond acceptors (Lipinski definition) is 5. The van der Waals surface area contributed by atoms with E-state index in [1.54, 1.807) is 19.1 Å². The molecule has 150 valence electrons. The van der Waals surface area contributed by atoms with E-state index in [9.17, 15) is 4.79 Å². The molecule has 0 radical (unpaired) electrons. The average Bonchev–Trinajstić information content (AvgIpc) is 3.05. The molecule has 1 aliphatic heterocycles. The van der Waals surface area contributed by atoms with Crippen LogP contribution in [0, 0.1) is 0 Å². The molecule has 0 atom stereocenters. The van der Waals surface area contributed by atoms with Gasteiger partial charge < -0.3 is 9.47 Å². The van der Waals surface area contributed by atoms with E-state index in [-0.39, 0.29) is 5.91 Å². The molecule has 0 saturated heterocycles. The van der Waals surface area contributed by atoms with E-state index in [0.717, 1.165) is 37.7 Å². The summed E-state index contributed by atoms with van der Waals surface area (Å²) in [7, 11) is 3.22.